The molecule has 2 unspecified atom stereocenters. The first-order valence-electron chi connectivity index (χ1n) is 7.97. The molecule has 124 valence electrons. The largest absolute Gasteiger partial charge is 0.382 e. The number of aryl methyl sites for hydroxylation is 2. The van der Waals surface area contributed by atoms with Gasteiger partial charge >= 0.3 is 0 Å². The molecule has 0 radical (unpaired) electrons. The monoisotopic (exact) mass is 307 g/mol. The van der Waals surface area contributed by atoms with E-state index in [1.165, 1.54) is 0 Å². The van der Waals surface area contributed by atoms with Gasteiger partial charge in [-0.2, -0.15) is 0 Å². The molecule has 0 aliphatic heterocycles. The van der Waals surface area contributed by atoms with E-state index in [1.54, 1.807) is 12.1 Å². The maximum absolute atomic E-state index is 10.9. The molecular weight excluding hydrogens is 278 g/mol. The zero-order valence-corrected chi connectivity index (χ0v) is 14.6. The molecule has 5 nitrogen and oxygen atoms in total. The van der Waals surface area contributed by atoms with E-state index in [9.17, 15) is 10.1 Å². The highest BCUT2D eigenvalue weighted by atomic mass is 16.6. The van der Waals surface area contributed by atoms with Crippen LogP contribution in [0.5, 0.6) is 0 Å². The Balaban J connectivity index is 2.79. The Morgan fingerprint density at radius 1 is 1.27 bits per heavy atom. The second-order valence-electron chi connectivity index (χ2n) is 6.38. The van der Waals surface area contributed by atoms with Crippen LogP contribution in [0.4, 0.5) is 11.4 Å². The smallest absolute Gasteiger partial charge is 0.270 e. The second kappa shape index (κ2) is 8.13. The van der Waals surface area contributed by atoms with Crippen molar-refractivity contribution < 1.29 is 4.92 Å². The standard InChI is InChI=1S/C17H29N3O2/c1-7-8-19(6)11-14(4)15(5)18-17-12(2)9-16(20(21)22)10-13(17)3/h9-10,14-15,18H,7-8,11H2,1-6H3. The van der Waals surface area contributed by atoms with Crippen molar-refractivity contribution in [2.75, 3.05) is 25.5 Å². The van der Waals surface area contributed by atoms with E-state index < -0.39 is 0 Å². The Bertz CT molecular complexity index is 494. The summed E-state index contributed by atoms with van der Waals surface area (Å²) in [6.45, 7) is 12.6. The third-order valence-electron chi connectivity index (χ3n) is 4.16. The van der Waals surface area contributed by atoms with E-state index >= 15 is 0 Å². The molecule has 0 aliphatic rings. The van der Waals surface area contributed by atoms with Crippen LogP contribution in [-0.2, 0) is 0 Å². The third-order valence-corrected chi connectivity index (χ3v) is 4.16. The van der Waals surface area contributed by atoms with E-state index in [2.05, 4.69) is 38.0 Å². The molecule has 22 heavy (non-hydrogen) atoms. The molecule has 1 N–H and O–H groups in total. The number of anilines is 1. The molecule has 5 heteroatoms. The van der Waals surface area contributed by atoms with E-state index in [0.717, 1.165) is 36.3 Å². The lowest BCUT2D eigenvalue weighted by atomic mass is 10.0. The summed E-state index contributed by atoms with van der Waals surface area (Å²) in [5.41, 5.74) is 3.02. The van der Waals surface area contributed by atoms with Gasteiger partial charge in [0, 0.05) is 30.4 Å². The van der Waals surface area contributed by atoms with Gasteiger partial charge in [-0.05, 0) is 57.8 Å². The number of nitrogens with one attached hydrogen (secondary N) is 1. The molecule has 0 spiro atoms. The summed E-state index contributed by atoms with van der Waals surface area (Å²) < 4.78 is 0. The lowest BCUT2D eigenvalue weighted by Gasteiger charge is -2.28. The van der Waals surface area contributed by atoms with Crippen LogP contribution >= 0.6 is 0 Å². The molecule has 0 heterocycles. The maximum Gasteiger partial charge on any atom is 0.270 e. The average molecular weight is 307 g/mol. The normalized spacial score (nSPS) is 14.0. The van der Waals surface area contributed by atoms with Crippen LogP contribution in [0.15, 0.2) is 12.1 Å². The van der Waals surface area contributed by atoms with Gasteiger partial charge < -0.3 is 10.2 Å². The SMILES string of the molecule is CCCN(C)CC(C)C(C)Nc1c(C)cc([N+](=O)[O-])cc1C. The van der Waals surface area contributed by atoms with Crippen LogP contribution in [-0.4, -0.2) is 36.0 Å². The minimum Gasteiger partial charge on any atom is -0.382 e. The number of hydrogen-bond acceptors (Lipinski definition) is 4. The summed E-state index contributed by atoms with van der Waals surface area (Å²) in [6.07, 6.45) is 1.16. The second-order valence-corrected chi connectivity index (χ2v) is 6.38. The summed E-state index contributed by atoms with van der Waals surface area (Å²) in [7, 11) is 2.15. The summed E-state index contributed by atoms with van der Waals surface area (Å²) in [6, 6.07) is 3.57. The van der Waals surface area contributed by atoms with Crippen molar-refractivity contribution in [1.29, 1.82) is 0 Å². The number of non-ortho nitro benzene ring substituents is 1. The minimum absolute atomic E-state index is 0.156. The van der Waals surface area contributed by atoms with Crippen LogP contribution in [0.25, 0.3) is 0 Å². The van der Waals surface area contributed by atoms with Crippen molar-refractivity contribution in [3.05, 3.63) is 33.4 Å². The molecule has 1 aromatic rings. The Morgan fingerprint density at radius 3 is 2.27 bits per heavy atom. The lowest BCUT2D eigenvalue weighted by molar-refractivity contribution is -0.384. The number of nitro benzene ring substituents is 1. The maximum atomic E-state index is 10.9. The zero-order valence-electron chi connectivity index (χ0n) is 14.6. The van der Waals surface area contributed by atoms with Crippen LogP contribution in [0.2, 0.25) is 0 Å². The summed E-state index contributed by atoms with van der Waals surface area (Å²) >= 11 is 0. The van der Waals surface area contributed by atoms with Crippen LogP contribution < -0.4 is 5.32 Å². The highest BCUT2D eigenvalue weighted by molar-refractivity contribution is 5.61. The van der Waals surface area contributed by atoms with Crippen molar-refractivity contribution in [3.63, 3.8) is 0 Å². The lowest BCUT2D eigenvalue weighted by Crippen LogP contribution is -2.34. The van der Waals surface area contributed by atoms with Gasteiger partial charge in [-0.1, -0.05) is 13.8 Å². The van der Waals surface area contributed by atoms with Gasteiger partial charge in [-0.3, -0.25) is 10.1 Å². The van der Waals surface area contributed by atoms with Gasteiger partial charge in [0.2, 0.25) is 0 Å². The van der Waals surface area contributed by atoms with Gasteiger partial charge in [0.25, 0.3) is 5.69 Å². The zero-order chi connectivity index (χ0) is 16.9. The molecule has 0 saturated heterocycles. The fraction of sp³-hybridized carbons (Fsp3) is 0.647. The first-order valence-corrected chi connectivity index (χ1v) is 7.97. The molecule has 0 amide bonds. The Hall–Kier alpha value is -1.62. The predicted molar refractivity (Wildman–Crippen MR) is 92.6 cm³/mol. The summed E-state index contributed by atoms with van der Waals surface area (Å²) in [5, 5.41) is 14.5. The minimum atomic E-state index is -0.338. The van der Waals surface area contributed by atoms with E-state index in [1.807, 2.05) is 13.8 Å². The molecule has 0 aliphatic carbocycles. The summed E-state index contributed by atoms with van der Waals surface area (Å²) in [4.78, 5) is 12.9. The van der Waals surface area contributed by atoms with Gasteiger partial charge in [0.05, 0.1) is 4.92 Å². The molecule has 0 bridgehead atoms. The third kappa shape index (κ3) is 4.98. The first kappa shape index (κ1) is 18.4. The van der Waals surface area contributed by atoms with Gasteiger partial charge in [0.1, 0.15) is 0 Å². The Morgan fingerprint density at radius 2 is 1.82 bits per heavy atom. The average Bonchev–Trinajstić information content (AvgIpc) is 2.42. The summed E-state index contributed by atoms with van der Waals surface area (Å²) in [5.74, 6) is 0.491. The Kier molecular flexibility index (Phi) is 6.81. The van der Waals surface area contributed by atoms with Gasteiger partial charge in [-0.15, -0.1) is 0 Å². The predicted octanol–water partition coefficient (Wildman–Crippen LogP) is 3.99. The van der Waals surface area contributed by atoms with Crippen LogP contribution in [0, 0.1) is 29.9 Å². The van der Waals surface area contributed by atoms with Crippen LogP contribution in [0.1, 0.15) is 38.3 Å². The highest BCUT2D eigenvalue weighted by Crippen LogP contribution is 2.27. The number of rotatable bonds is 8. The Labute approximate surface area is 133 Å². The number of nitro groups is 1. The first-order chi connectivity index (χ1) is 10.3. The number of nitrogens with zero attached hydrogens (tertiary/aromatic N) is 2. The van der Waals surface area contributed by atoms with Crippen molar-refractivity contribution in [1.82, 2.24) is 4.90 Å². The number of benzene rings is 1. The topological polar surface area (TPSA) is 58.4 Å². The number of hydrogen-bond donors (Lipinski definition) is 1. The van der Waals surface area contributed by atoms with Crippen LogP contribution in [0.3, 0.4) is 0 Å². The molecule has 0 fully saturated rings. The van der Waals surface area contributed by atoms with Crippen molar-refractivity contribution >= 4 is 11.4 Å². The fourth-order valence-electron chi connectivity index (χ4n) is 2.77. The quantitative estimate of drug-likeness (QED) is 0.583. The van der Waals surface area contributed by atoms with Gasteiger partial charge in [0.15, 0.2) is 0 Å². The van der Waals surface area contributed by atoms with Crippen molar-refractivity contribution in [2.24, 2.45) is 5.92 Å². The molecular formula is C17H29N3O2. The molecule has 1 aromatic carbocycles. The van der Waals surface area contributed by atoms with E-state index in [-0.39, 0.29) is 10.6 Å². The van der Waals surface area contributed by atoms with Gasteiger partial charge in [-0.25, -0.2) is 0 Å². The fourth-order valence-corrected chi connectivity index (χ4v) is 2.77. The highest BCUT2D eigenvalue weighted by Gasteiger charge is 2.17. The molecule has 0 saturated carbocycles. The molecule has 2 atom stereocenters. The van der Waals surface area contributed by atoms with E-state index in [4.69, 9.17) is 0 Å². The molecule has 1 rings (SSSR count). The van der Waals surface area contributed by atoms with E-state index in [0.29, 0.717) is 12.0 Å². The molecule has 0 aromatic heterocycles. The van der Waals surface area contributed by atoms with Crippen molar-refractivity contribution in [3.8, 4) is 0 Å². The van der Waals surface area contributed by atoms with Crippen molar-refractivity contribution in [2.45, 2.75) is 47.1 Å².